The first-order valence-corrected chi connectivity index (χ1v) is 7.84. The van der Waals surface area contributed by atoms with Gasteiger partial charge in [-0.15, -0.1) is 0 Å². The second-order valence-corrected chi connectivity index (χ2v) is 6.97. The molecule has 1 rings (SSSR count). The van der Waals surface area contributed by atoms with Crippen LogP contribution in [-0.4, -0.2) is 38.8 Å². The Morgan fingerprint density at radius 2 is 2.00 bits per heavy atom. The van der Waals surface area contributed by atoms with Crippen LogP contribution in [-0.2, 0) is 14.8 Å². The van der Waals surface area contributed by atoms with Crippen molar-refractivity contribution in [2.75, 3.05) is 25.9 Å². The molecule has 0 radical (unpaired) electrons. The lowest BCUT2D eigenvalue weighted by molar-refractivity contribution is -0.118. The van der Waals surface area contributed by atoms with Gasteiger partial charge in [0.1, 0.15) is 10.6 Å². The number of rotatable bonds is 7. The van der Waals surface area contributed by atoms with E-state index in [4.69, 9.17) is 16.2 Å². The van der Waals surface area contributed by atoms with Gasteiger partial charge in [-0.1, -0.05) is 13.8 Å². The molecule has 21 heavy (non-hydrogen) atoms. The highest BCUT2D eigenvalue weighted by atomic mass is 32.2. The first-order chi connectivity index (χ1) is 9.68. The average molecular weight is 315 g/mol. The van der Waals surface area contributed by atoms with E-state index in [2.05, 4.69) is 0 Å². The van der Waals surface area contributed by atoms with E-state index in [0.717, 1.165) is 4.31 Å². The minimum absolute atomic E-state index is 0.0335. The molecule has 1 amide bonds. The number of carbonyl (C=O) groups excluding carboxylic acids is 1. The lowest BCUT2D eigenvalue weighted by Gasteiger charge is -2.23. The molecule has 1 aromatic rings. The van der Waals surface area contributed by atoms with E-state index in [9.17, 15) is 13.2 Å². The minimum Gasteiger partial charge on any atom is -0.495 e. The van der Waals surface area contributed by atoms with E-state index in [1.165, 1.54) is 19.2 Å². The van der Waals surface area contributed by atoms with Crippen LogP contribution in [0.3, 0.4) is 0 Å². The fourth-order valence-electron chi connectivity index (χ4n) is 1.86. The molecule has 0 aliphatic carbocycles. The van der Waals surface area contributed by atoms with Gasteiger partial charge in [-0.25, -0.2) is 8.42 Å². The van der Waals surface area contributed by atoms with Crippen molar-refractivity contribution in [2.24, 2.45) is 11.7 Å². The Bertz CT molecular complexity index is 614. The van der Waals surface area contributed by atoms with Crippen molar-refractivity contribution in [3.8, 4) is 5.75 Å². The molecule has 1 aromatic carbocycles. The van der Waals surface area contributed by atoms with Gasteiger partial charge < -0.3 is 16.2 Å². The molecule has 118 valence electrons. The van der Waals surface area contributed by atoms with E-state index in [1.54, 1.807) is 6.07 Å². The summed E-state index contributed by atoms with van der Waals surface area (Å²) in [5.41, 5.74) is 11.1. The van der Waals surface area contributed by atoms with Crippen molar-refractivity contribution in [3.05, 3.63) is 18.2 Å². The van der Waals surface area contributed by atoms with Gasteiger partial charge in [0.05, 0.1) is 13.7 Å². The van der Waals surface area contributed by atoms with Crippen molar-refractivity contribution in [3.63, 3.8) is 0 Å². The highest BCUT2D eigenvalue weighted by Gasteiger charge is 2.29. The summed E-state index contributed by atoms with van der Waals surface area (Å²) in [6.45, 7) is 3.47. The van der Waals surface area contributed by atoms with Crippen LogP contribution in [0.2, 0.25) is 0 Å². The van der Waals surface area contributed by atoms with Gasteiger partial charge in [-0.3, -0.25) is 4.79 Å². The quantitative estimate of drug-likeness (QED) is 0.707. The number of hydrogen-bond acceptors (Lipinski definition) is 5. The largest absolute Gasteiger partial charge is 0.495 e. The van der Waals surface area contributed by atoms with Gasteiger partial charge in [0.2, 0.25) is 15.9 Å². The van der Waals surface area contributed by atoms with Crippen LogP contribution >= 0.6 is 0 Å². The molecule has 0 aromatic heterocycles. The molecule has 0 atom stereocenters. The first kappa shape index (κ1) is 17.3. The van der Waals surface area contributed by atoms with Crippen LogP contribution in [0.25, 0.3) is 0 Å². The van der Waals surface area contributed by atoms with Crippen LogP contribution in [0, 0.1) is 5.92 Å². The lowest BCUT2D eigenvalue weighted by Crippen LogP contribution is -2.40. The van der Waals surface area contributed by atoms with Crippen molar-refractivity contribution >= 4 is 21.6 Å². The van der Waals surface area contributed by atoms with Gasteiger partial charge in [0, 0.05) is 12.2 Å². The summed E-state index contributed by atoms with van der Waals surface area (Å²) in [6.07, 6.45) is 0. The molecule has 0 fully saturated rings. The van der Waals surface area contributed by atoms with Crippen LogP contribution in [0.5, 0.6) is 5.75 Å². The third kappa shape index (κ3) is 4.33. The van der Waals surface area contributed by atoms with Crippen LogP contribution in [0.15, 0.2) is 23.1 Å². The van der Waals surface area contributed by atoms with Gasteiger partial charge in [0.25, 0.3) is 0 Å². The number of nitrogen functional groups attached to an aromatic ring is 1. The predicted molar refractivity (Wildman–Crippen MR) is 80.2 cm³/mol. The SMILES string of the molecule is COc1ccc(N)cc1S(=O)(=O)N(CC(N)=O)CC(C)C. The third-order valence-electron chi connectivity index (χ3n) is 2.71. The summed E-state index contributed by atoms with van der Waals surface area (Å²) in [5.74, 6) is -0.518. The molecular formula is C13H21N3O4S. The number of anilines is 1. The Kier molecular flexibility index (Phi) is 5.56. The Labute approximate surface area is 124 Å². The smallest absolute Gasteiger partial charge is 0.247 e. The first-order valence-electron chi connectivity index (χ1n) is 6.40. The Balaban J connectivity index is 3.34. The zero-order valence-electron chi connectivity index (χ0n) is 12.4. The average Bonchev–Trinajstić information content (AvgIpc) is 2.36. The monoisotopic (exact) mass is 315 g/mol. The topological polar surface area (TPSA) is 116 Å². The van der Waals surface area contributed by atoms with E-state index < -0.39 is 22.5 Å². The number of sulfonamides is 1. The summed E-state index contributed by atoms with van der Waals surface area (Å²) < 4.78 is 31.5. The number of carbonyl (C=O) groups is 1. The second-order valence-electron chi connectivity index (χ2n) is 5.07. The Morgan fingerprint density at radius 1 is 1.38 bits per heavy atom. The van der Waals surface area contributed by atoms with Crippen molar-refractivity contribution in [1.82, 2.24) is 4.31 Å². The standard InChI is InChI=1S/C13H21N3O4S/c1-9(2)7-16(8-13(15)17)21(18,19)12-6-10(14)4-5-11(12)20-3/h4-6,9H,7-8,14H2,1-3H3,(H2,15,17). The Hall–Kier alpha value is -1.80. The third-order valence-corrected chi connectivity index (χ3v) is 4.54. The number of nitrogens with zero attached hydrogens (tertiary/aromatic N) is 1. The summed E-state index contributed by atoms with van der Waals surface area (Å²) in [5, 5.41) is 0. The molecule has 7 nitrogen and oxygen atoms in total. The molecular weight excluding hydrogens is 294 g/mol. The lowest BCUT2D eigenvalue weighted by atomic mass is 10.2. The maximum atomic E-state index is 12.7. The molecule has 8 heteroatoms. The zero-order valence-corrected chi connectivity index (χ0v) is 13.2. The van der Waals surface area contributed by atoms with Crippen molar-refractivity contribution in [2.45, 2.75) is 18.7 Å². The molecule has 0 saturated carbocycles. The maximum Gasteiger partial charge on any atom is 0.247 e. The molecule has 0 unspecified atom stereocenters. The summed E-state index contributed by atoms with van der Waals surface area (Å²) >= 11 is 0. The van der Waals surface area contributed by atoms with Gasteiger partial charge in [-0.2, -0.15) is 4.31 Å². The van der Waals surface area contributed by atoms with Gasteiger partial charge >= 0.3 is 0 Å². The molecule has 0 saturated heterocycles. The van der Waals surface area contributed by atoms with Crippen LogP contribution < -0.4 is 16.2 Å². The molecule has 0 spiro atoms. The second kappa shape index (κ2) is 6.77. The summed E-state index contributed by atoms with van der Waals surface area (Å²) in [4.78, 5) is 11.1. The number of amides is 1. The highest BCUT2D eigenvalue weighted by Crippen LogP contribution is 2.29. The fraction of sp³-hybridized carbons (Fsp3) is 0.462. The molecule has 0 aliphatic rings. The molecule has 0 aliphatic heterocycles. The highest BCUT2D eigenvalue weighted by molar-refractivity contribution is 7.89. The minimum atomic E-state index is -3.93. The number of methoxy groups -OCH3 is 1. The predicted octanol–water partition coefficient (Wildman–Crippen LogP) is 0.409. The van der Waals surface area contributed by atoms with Crippen LogP contribution in [0.1, 0.15) is 13.8 Å². The number of primary amides is 1. The fourth-order valence-corrected chi connectivity index (χ4v) is 3.62. The maximum absolute atomic E-state index is 12.7. The number of nitrogens with two attached hydrogens (primary N) is 2. The number of benzene rings is 1. The molecule has 0 heterocycles. The normalized spacial score (nSPS) is 11.9. The summed E-state index contributed by atoms with van der Waals surface area (Å²) in [6, 6.07) is 4.32. The van der Waals surface area contributed by atoms with E-state index in [1.807, 2.05) is 13.8 Å². The summed E-state index contributed by atoms with van der Waals surface area (Å²) in [7, 11) is -2.56. The van der Waals surface area contributed by atoms with E-state index in [-0.39, 0.29) is 28.8 Å². The van der Waals surface area contributed by atoms with E-state index >= 15 is 0 Å². The number of ether oxygens (including phenoxy) is 1. The Morgan fingerprint density at radius 3 is 2.48 bits per heavy atom. The molecule has 0 bridgehead atoms. The molecule has 4 N–H and O–H groups in total. The van der Waals surface area contributed by atoms with Crippen molar-refractivity contribution < 1.29 is 17.9 Å². The van der Waals surface area contributed by atoms with E-state index in [0.29, 0.717) is 0 Å². The number of hydrogen-bond donors (Lipinski definition) is 2. The van der Waals surface area contributed by atoms with Crippen LogP contribution in [0.4, 0.5) is 5.69 Å². The van der Waals surface area contributed by atoms with Gasteiger partial charge in [-0.05, 0) is 24.1 Å². The van der Waals surface area contributed by atoms with Gasteiger partial charge in [0.15, 0.2) is 0 Å². The van der Waals surface area contributed by atoms with Crippen molar-refractivity contribution in [1.29, 1.82) is 0 Å². The zero-order chi connectivity index (χ0) is 16.2.